The van der Waals surface area contributed by atoms with Crippen LogP contribution in [0.3, 0.4) is 0 Å². The Bertz CT molecular complexity index is 1090. The molecule has 29 heavy (non-hydrogen) atoms. The highest BCUT2D eigenvalue weighted by Crippen LogP contribution is 2.30. The number of fused-ring (bicyclic) bond motifs is 1. The van der Waals surface area contributed by atoms with E-state index < -0.39 is 4.92 Å². The van der Waals surface area contributed by atoms with Gasteiger partial charge in [0.25, 0.3) is 5.69 Å². The van der Waals surface area contributed by atoms with Crippen LogP contribution in [0.2, 0.25) is 0 Å². The first-order valence-corrected chi connectivity index (χ1v) is 10.2. The van der Waals surface area contributed by atoms with E-state index in [1.54, 1.807) is 18.3 Å². The van der Waals surface area contributed by atoms with Crippen molar-refractivity contribution in [3.8, 4) is 0 Å². The van der Waals surface area contributed by atoms with Crippen LogP contribution >= 0.6 is 11.8 Å². The molecule has 0 saturated carbocycles. The summed E-state index contributed by atoms with van der Waals surface area (Å²) in [5, 5.41) is 11.6. The number of amides is 1. The molecule has 0 saturated heterocycles. The smallest absolute Gasteiger partial charge is 0.269 e. The molecule has 1 aliphatic rings. The first-order valence-electron chi connectivity index (χ1n) is 9.34. The van der Waals surface area contributed by atoms with Crippen molar-refractivity contribution in [2.45, 2.75) is 23.5 Å². The molecule has 1 aliphatic heterocycles. The molecule has 148 valence electrons. The zero-order chi connectivity index (χ0) is 20.4. The summed E-state index contributed by atoms with van der Waals surface area (Å²) >= 11 is 1.42. The van der Waals surface area contributed by atoms with Crippen LogP contribution in [0.4, 0.5) is 5.69 Å². The highest BCUT2D eigenvalue weighted by molar-refractivity contribution is 8.00. The van der Waals surface area contributed by atoms with Gasteiger partial charge in [0.05, 0.1) is 10.2 Å². The van der Waals surface area contributed by atoms with Crippen LogP contribution in [0.25, 0.3) is 16.6 Å². The van der Waals surface area contributed by atoms with Gasteiger partial charge in [-0.3, -0.25) is 14.9 Å². The summed E-state index contributed by atoms with van der Waals surface area (Å²) in [5.41, 5.74) is 3.29. The molecule has 1 atom stereocenters. The lowest BCUT2D eigenvalue weighted by Gasteiger charge is -2.28. The highest BCUT2D eigenvalue weighted by atomic mass is 32.2. The number of carbonyl (C=O) groups excluding carboxylic acids is 1. The van der Waals surface area contributed by atoms with Crippen molar-refractivity contribution in [3.63, 3.8) is 0 Å². The van der Waals surface area contributed by atoms with Gasteiger partial charge in [-0.1, -0.05) is 6.08 Å². The summed E-state index contributed by atoms with van der Waals surface area (Å²) < 4.78 is 0. The van der Waals surface area contributed by atoms with Crippen LogP contribution in [0.15, 0.2) is 59.8 Å². The second-order valence-corrected chi connectivity index (χ2v) is 8.29. The Balaban J connectivity index is 1.40. The fraction of sp³-hybridized carbons (Fsp3) is 0.238. The van der Waals surface area contributed by atoms with Gasteiger partial charge in [0.2, 0.25) is 5.91 Å². The van der Waals surface area contributed by atoms with E-state index in [-0.39, 0.29) is 16.8 Å². The Morgan fingerprint density at radius 1 is 1.31 bits per heavy atom. The second kappa shape index (κ2) is 8.08. The maximum absolute atomic E-state index is 12.8. The van der Waals surface area contributed by atoms with E-state index in [0.717, 1.165) is 27.9 Å². The van der Waals surface area contributed by atoms with E-state index in [1.807, 2.05) is 24.1 Å². The van der Waals surface area contributed by atoms with Crippen LogP contribution in [0.5, 0.6) is 0 Å². The van der Waals surface area contributed by atoms with Gasteiger partial charge in [0.1, 0.15) is 5.65 Å². The lowest BCUT2D eigenvalue weighted by Crippen LogP contribution is -2.39. The number of non-ortho nitro benzene ring substituents is 1. The number of nitrogens with zero attached hydrogens (tertiary/aromatic N) is 3. The number of H-pyrrole nitrogens is 1. The maximum Gasteiger partial charge on any atom is 0.269 e. The minimum absolute atomic E-state index is 0.0505. The Morgan fingerprint density at radius 2 is 2.10 bits per heavy atom. The number of hydrogen-bond acceptors (Lipinski definition) is 5. The Morgan fingerprint density at radius 3 is 2.79 bits per heavy atom. The van der Waals surface area contributed by atoms with Crippen molar-refractivity contribution in [3.05, 3.63) is 70.5 Å². The van der Waals surface area contributed by atoms with Gasteiger partial charge in [-0.15, -0.1) is 11.8 Å². The molecule has 0 aliphatic carbocycles. The second-order valence-electron chi connectivity index (χ2n) is 6.88. The minimum Gasteiger partial charge on any atom is -0.346 e. The van der Waals surface area contributed by atoms with Gasteiger partial charge in [-0.05, 0) is 43.2 Å². The van der Waals surface area contributed by atoms with E-state index in [0.29, 0.717) is 13.1 Å². The molecule has 0 radical (unpaired) electrons. The number of aromatic nitrogens is 2. The number of aromatic amines is 1. The molecule has 3 heterocycles. The van der Waals surface area contributed by atoms with Crippen molar-refractivity contribution in [2.24, 2.45) is 0 Å². The van der Waals surface area contributed by atoms with Gasteiger partial charge < -0.3 is 9.88 Å². The summed E-state index contributed by atoms with van der Waals surface area (Å²) in [6.07, 6.45) is 6.65. The van der Waals surface area contributed by atoms with Crippen LogP contribution in [0.1, 0.15) is 18.9 Å². The number of hydrogen-bond donors (Lipinski definition) is 1. The first-order chi connectivity index (χ1) is 14.0. The van der Waals surface area contributed by atoms with Gasteiger partial charge in [-0.2, -0.15) is 0 Å². The van der Waals surface area contributed by atoms with Crippen molar-refractivity contribution in [2.75, 3.05) is 13.1 Å². The summed E-state index contributed by atoms with van der Waals surface area (Å²) in [5.74, 6) is 0.0734. The van der Waals surface area contributed by atoms with Gasteiger partial charge in [0.15, 0.2) is 0 Å². The summed E-state index contributed by atoms with van der Waals surface area (Å²) in [6.45, 7) is 3.12. The summed E-state index contributed by atoms with van der Waals surface area (Å²) in [4.78, 5) is 33.4. The molecule has 0 spiro atoms. The Labute approximate surface area is 172 Å². The van der Waals surface area contributed by atoms with E-state index in [4.69, 9.17) is 0 Å². The lowest BCUT2D eigenvalue weighted by molar-refractivity contribution is -0.384. The predicted molar refractivity (Wildman–Crippen MR) is 114 cm³/mol. The lowest BCUT2D eigenvalue weighted by atomic mass is 9.99. The fourth-order valence-corrected chi connectivity index (χ4v) is 4.44. The molecular formula is C21H20N4O3S. The third-order valence-corrected chi connectivity index (χ3v) is 6.13. The third kappa shape index (κ3) is 4.02. The van der Waals surface area contributed by atoms with Crippen molar-refractivity contribution in [1.82, 2.24) is 14.9 Å². The average Bonchev–Trinajstić information content (AvgIpc) is 3.18. The quantitative estimate of drug-likeness (QED) is 0.387. The zero-order valence-electron chi connectivity index (χ0n) is 15.9. The first kappa shape index (κ1) is 19.2. The number of thioether (sulfide) groups is 1. The van der Waals surface area contributed by atoms with E-state index in [2.05, 4.69) is 22.1 Å². The number of nitrogens with one attached hydrogen (secondary N) is 1. The monoisotopic (exact) mass is 408 g/mol. The number of benzene rings is 1. The molecule has 2 aromatic heterocycles. The SMILES string of the molecule is C[C@@H](Sc1ccc([N+](=O)[O-])cc1)C(=O)N1CC=C(c2c[nH]c3ncccc23)CC1. The molecule has 1 amide bonds. The molecule has 1 aromatic carbocycles. The molecule has 1 N–H and O–H groups in total. The zero-order valence-corrected chi connectivity index (χ0v) is 16.7. The van der Waals surface area contributed by atoms with Gasteiger partial charge in [0, 0.05) is 53.5 Å². The Hall–Kier alpha value is -3.13. The van der Waals surface area contributed by atoms with Crippen LogP contribution < -0.4 is 0 Å². The van der Waals surface area contributed by atoms with E-state index >= 15 is 0 Å². The number of carbonyl (C=O) groups is 1. The molecular weight excluding hydrogens is 388 g/mol. The summed E-state index contributed by atoms with van der Waals surface area (Å²) in [6, 6.07) is 10.3. The van der Waals surface area contributed by atoms with E-state index in [9.17, 15) is 14.9 Å². The normalized spacial score (nSPS) is 15.2. The van der Waals surface area contributed by atoms with Crippen molar-refractivity contribution >= 4 is 40.0 Å². The number of rotatable bonds is 5. The predicted octanol–water partition coefficient (Wildman–Crippen LogP) is 4.27. The third-order valence-electron chi connectivity index (χ3n) is 5.03. The van der Waals surface area contributed by atoms with Gasteiger partial charge in [-0.25, -0.2) is 4.98 Å². The fourth-order valence-electron chi connectivity index (χ4n) is 3.49. The van der Waals surface area contributed by atoms with Crippen LogP contribution in [-0.2, 0) is 4.79 Å². The number of nitro groups is 1. The molecule has 0 fully saturated rings. The highest BCUT2D eigenvalue weighted by Gasteiger charge is 2.24. The average molecular weight is 408 g/mol. The van der Waals surface area contributed by atoms with Crippen LogP contribution in [0, 0.1) is 10.1 Å². The van der Waals surface area contributed by atoms with Crippen LogP contribution in [-0.4, -0.2) is 44.0 Å². The van der Waals surface area contributed by atoms with Crippen molar-refractivity contribution < 1.29 is 9.72 Å². The van der Waals surface area contributed by atoms with Crippen molar-refractivity contribution in [1.29, 1.82) is 0 Å². The minimum atomic E-state index is -0.426. The largest absolute Gasteiger partial charge is 0.346 e. The molecule has 0 bridgehead atoms. The molecule has 0 unspecified atom stereocenters. The topological polar surface area (TPSA) is 92.1 Å². The maximum atomic E-state index is 12.8. The molecule has 8 heteroatoms. The number of nitro benzene ring substituents is 1. The Kier molecular flexibility index (Phi) is 5.35. The molecule has 4 rings (SSSR count). The van der Waals surface area contributed by atoms with Gasteiger partial charge >= 0.3 is 0 Å². The molecule has 7 nitrogen and oxygen atoms in total. The standard InChI is InChI=1S/C21H20N4O3S/c1-14(29-17-6-4-16(5-7-17)25(27)28)21(26)24-11-8-15(9-12-24)19-13-23-20-18(19)3-2-10-22-20/h2-8,10,13-14H,9,11-12H2,1H3,(H,22,23)/t14-/m1/s1. The van der Waals surface area contributed by atoms with E-state index in [1.165, 1.54) is 29.5 Å². The summed E-state index contributed by atoms with van der Waals surface area (Å²) in [7, 11) is 0. The number of pyridine rings is 1. The molecule has 3 aromatic rings.